The molecule has 2 aromatic heterocycles. The summed E-state index contributed by atoms with van der Waals surface area (Å²) in [4.78, 5) is 7.81. The van der Waals surface area contributed by atoms with E-state index in [1.54, 1.807) is 11.3 Å². The predicted molar refractivity (Wildman–Crippen MR) is 79.6 cm³/mol. The third-order valence-corrected chi connectivity index (χ3v) is 4.23. The first kappa shape index (κ1) is 14.3. The Kier molecular flexibility index (Phi) is 4.44. The number of hydrogen-bond acceptors (Lipinski definition) is 5. The SMILES string of the molecule is Cl.Cn1cc(C2CCN(Cc3cnc(N)s3)C2)cn1. The zero-order valence-electron chi connectivity index (χ0n) is 10.8. The molecule has 0 amide bonds. The molecule has 0 saturated carbocycles. The number of halogens is 1. The number of hydrogen-bond donors (Lipinski definition) is 1. The minimum absolute atomic E-state index is 0. The van der Waals surface area contributed by atoms with Gasteiger partial charge in [-0.25, -0.2) is 4.98 Å². The molecular weight excluding hydrogens is 282 g/mol. The van der Waals surface area contributed by atoms with Crippen molar-refractivity contribution >= 4 is 28.9 Å². The monoisotopic (exact) mass is 299 g/mol. The smallest absolute Gasteiger partial charge is 0.180 e. The molecule has 3 heterocycles. The second-order valence-corrected chi connectivity index (χ2v) is 5.98. The lowest BCUT2D eigenvalue weighted by atomic mass is 10.0. The number of nitrogens with two attached hydrogens (primary N) is 1. The molecule has 0 spiro atoms. The molecule has 1 unspecified atom stereocenters. The summed E-state index contributed by atoms with van der Waals surface area (Å²) >= 11 is 1.58. The Morgan fingerprint density at radius 3 is 2.95 bits per heavy atom. The van der Waals surface area contributed by atoms with Gasteiger partial charge in [0.25, 0.3) is 0 Å². The lowest BCUT2D eigenvalue weighted by Crippen LogP contribution is -2.19. The fourth-order valence-corrected chi connectivity index (χ4v) is 3.24. The zero-order chi connectivity index (χ0) is 12.5. The predicted octanol–water partition coefficient (Wildman–Crippen LogP) is 1.87. The third kappa shape index (κ3) is 3.26. The van der Waals surface area contributed by atoms with Gasteiger partial charge >= 0.3 is 0 Å². The molecule has 2 N–H and O–H groups in total. The molecule has 1 aliphatic heterocycles. The molecule has 19 heavy (non-hydrogen) atoms. The van der Waals surface area contributed by atoms with Crippen LogP contribution in [0.25, 0.3) is 0 Å². The van der Waals surface area contributed by atoms with Crippen molar-refractivity contribution in [2.75, 3.05) is 18.8 Å². The lowest BCUT2D eigenvalue weighted by molar-refractivity contribution is 0.329. The molecule has 1 atom stereocenters. The van der Waals surface area contributed by atoms with Crippen LogP contribution in [0.4, 0.5) is 5.13 Å². The molecule has 7 heteroatoms. The Morgan fingerprint density at radius 1 is 1.47 bits per heavy atom. The van der Waals surface area contributed by atoms with Crippen LogP contribution in [-0.4, -0.2) is 32.8 Å². The van der Waals surface area contributed by atoms with E-state index >= 15 is 0 Å². The quantitative estimate of drug-likeness (QED) is 0.940. The first-order valence-electron chi connectivity index (χ1n) is 6.12. The fourth-order valence-electron chi connectivity index (χ4n) is 2.52. The van der Waals surface area contributed by atoms with Gasteiger partial charge in [0.2, 0.25) is 0 Å². The minimum atomic E-state index is 0. The van der Waals surface area contributed by atoms with Crippen LogP contribution in [-0.2, 0) is 13.6 Å². The summed E-state index contributed by atoms with van der Waals surface area (Å²) in [7, 11) is 1.97. The van der Waals surface area contributed by atoms with Crippen LogP contribution in [0.3, 0.4) is 0 Å². The first-order valence-corrected chi connectivity index (χ1v) is 6.93. The van der Waals surface area contributed by atoms with E-state index in [-0.39, 0.29) is 12.4 Å². The highest BCUT2D eigenvalue weighted by molar-refractivity contribution is 7.15. The van der Waals surface area contributed by atoms with Crippen molar-refractivity contribution in [3.63, 3.8) is 0 Å². The van der Waals surface area contributed by atoms with Gasteiger partial charge < -0.3 is 5.73 Å². The molecule has 1 saturated heterocycles. The summed E-state index contributed by atoms with van der Waals surface area (Å²) in [6.07, 6.45) is 7.20. The molecule has 1 fully saturated rings. The standard InChI is InChI=1S/C12H17N5S.ClH/c1-16-6-10(4-15-16)9-2-3-17(7-9)8-11-5-14-12(13)18-11;/h4-6,9H,2-3,7-8H2,1H3,(H2,13,14);1H. The van der Waals surface area contributed by atoms with Gasteiger partial charge in [-0.2, -0.15) is 5.10 Å². The molecule has 5 nitrogen and oxygen atoms in total. The molecule has 0 aromatic carbocycles. The third-order valence-electron chi connectivity index (χ3n) is 3.42. The maximum Gasteiger partial charge on any atom is 0.180 e. The van der Waals surface area contributed by atoms with Gasteiger partial charge in [0.15, 0.2) is 5.13 Å². The number of aryl methyl sites for hydroxylation is 1. The Morgan fingerprint density at radius 2 is 2.32 bits per heavy atom. The van der Waals surface area contributed by atoms with Crippen molar-refractivity contribution in [3.05, 3.63) is 29.0 Å². The Hall–Kier alpha value is -1.11. The van der Waals surface area contributed by atoms with Crippen LogP contribution < -0.4 is 5.73 Å². The topological polar surface area (TPSA) is 60.0 Å². The Balaban J connectivity index is 0.00000133. The summed E-state index contributed by atoms with van der Waals surface area (Å²) in [6, 6.07) is 0. The van der Waals surface area contributed by atoms with Crippen LogP contribution >= 0.6 is 23.7 Å². The molecule has 0 radical (unpaired) electrons. The van der Waals surface area contributed by atoms with Crippen molar-refractivity contribution in [1.29, 1.82) is 0 Å². The maximum absolute atomic E-state index is 5.65. The largest absolute Gasteiger partial charge is 0.375 e. The highest BCUT2D eigenvalue weighted by Gasteiger charge is 2.25. The van der Waals surface area contributed by atoms with Gasteiger partial charge in [-0.15, -0.1) is 23.7 Å². The van der Waals surface area contributed by atoms with E-state index in [0.717, 1.165) is 19.6 Å². The second-order valence-electron chi connectivity index (χ2n) is 4.83. The van der Waals surface area contributed by atoms with Crippen molar-refractivity contribution in [2.24, 2.45) is 7.05 Å². The highest BCUT2D eigenvalue weighted by Crippen LogP contribution is 2.28. The second kappa shape index (κ2) is 5.90. The normalized spacial score (nSPS) is 19.5. The van der Waals surface area contributed by atoms with Crippen molar-refractivity contribution < 1.29 is 0 Å². The van der Waals surface area contributed by atoms with Crippen LogP contribution in [0.15, 0.2) is 18.6 Å². The maximum atomic E-state index is 5.65. The molecule has 0 aliphatic carbocycles. The van der Waals surface area contributed by atoms with Crippen LogP contribution in [0.2, 0.25) is 0 Å². The Labute approximate surface area is 122 Å². The number of rotatable bonds is 3. The summed E-state index contributed by atoms with van der Waals surface area (Å²) in [5.74, 6) is 0.615. The van der Waals surface area contributed by atoms with Gasteiger partial charge in [0.1, 0.15) is 0 Å². The number of nitrogen functional groups attached to an aromatic ring is 1. The lowest BCUT2D eigenvalue weighted by Gasteiger charge is -2.13. The highest BCUT2D eigenvalue weighted by atomic mass is 35.5. The van der Waals surface area contributed by atoms with Gasteiger partial charge in [-0.1, -0.05) is 0 Å². The number of aromatic nitrogens is 3. The summed E-state index contributed by atoms with van der Waals surface area (Å²) in [6.45, 7) is 3.20. The van der Waals surface area contributed by atoms with Crippen molar-refractivity contribution in [3.8, 4) is 0 Å². The number of nitrogens with zero attached hydrogens (tertiary/aromatic N) is 4. The van der Waals surface area contributed by atoms with Gasteiger partial charge in [0, 0.05) is 43.3 Å². The van der Waals surface area contributed by atoms with E-state index in [4.69, 9.17) is 5.73 Å². The van der Waals surface area contributed by atoms with Gasteiger partial charge in [-0.3, -0.25) is 9.58 Å². The summed E-state index contributed by atoms with van der Waals surface area (Å²) in [5.41, 5.74) is 7.00. The molecule has 1 aliphatic rings. The average Bonchev–Trinajstić information content (AvgIpc) is 3.01. The van der Waals surface area contributed by atoms with Crippen LogP contribution in [0.1, 0.15) is 22.8 Å². The van der Waals surface area contributed by atoms with E-state index in [2.05, 4.69) is 21.2 Å². The van der Waals surface area contributed by atoms with E-state index in [1.807, 2.05) is 24.1 Å². The van der Waals surface area contributed by atoms with E-state index in [0.29, 0.717) is 11.0 Å². The fraction of sp³-hybridized carbons (Fsp3) is 0.500. The zero-order valence-corrected chi connectivity index (χ0v) is 12.5. The Bertz CT molecular complexity index is 538. The van der Waals surface area contributed by atoms with Crippen LogP contribution in [0, 0.1) is 0 Å². The summed E-state index contributed by atoms with van der Waals surface area (Å²) < 4.78 is 1.88. The molecule has 0 bridgehead atoms. The number of thiazole rings is 1. The van der Waals surface area contributed by atoms with E-state index < -0.39 is 0 Å². The first-order chi connectivity index (χ1) is 8.70. The van der Waals surface area contributed by atoms with Crippen molar-refractivity contribution in [2.45, 2.75) is 18.9 Å². The molecule has 2 aromatic rings. The molecular formula is C12H18ClN5S. The van der Waals surface area contributed by atoms with Gasteiger partial charge in [0.05, 0.1) is 6.20 Å². The summed E-state index contributed by atoms with van der Waals surface area (Å²) in [5, 5.41) is 4.91. The average molecular weight is 300 g/mol. The number of likely N-dealkylation sites (tertiary alicyclic amines) is 1. The van der Waals surface area contributed by atoms with Gasteiger partial charge in [-0.05, 0) is 18.5 Å². The minimum Gasteiger partial charge on any atom is -0.375 e. The number of anilines is 1. The molecule has 3 rings (SSSR count). The van der Waals surface area contributed by atoms with Crippen molar-refractivity contribution in [1.82, 2.24) is 19.7 Å². The van der Waals surface area contributed by atoms with Crippen LogP contribution in [0.5, 0.6) is 0 Å². The van der Waals surface area contributed by atoms with E-state index in [9.17, 15) is 0 Å². The van der Waals surface area contributed by atoms with E-state index in [1.165, 1.54) is 16.9 Å². The molecule has 104 valence electrons.